The molecule has 1 unspecified atom stereocenters. The van der Waals surface area contributed by atoms with E-state index in [9.17, 15) is 0 Å². The molecule has 0 amide bonds. The van der Waals surface area contributed by atoms with Gasteiger partial charge >= 0.3 is 0 Å². The number of aromatic nitrogens is 2. The highest BCUT2D eigenvalue weighted by atomic mass is 32.1. The van der Waals surface area contributed by atoms with Crippen molar-refractivity contribution >= 4 is 54.0 Å². The Morgan fingerprint density at radius 1 is 0.789 bits per heavy atom. The second-order valence-corrected chi connectivity index (χ2v) is 14.3. The first-order chi connectivity index (χ1) is 17.9. The number of thiophene rings is 2. The molecule has 0 saturated heterocycles. The van der Waals surface area contributed by atoms with E-state index in [4.69, 9.17) is 15.5 Å². The quantitative estimate of drug-likeness (QED) is 0.198. The Morgan fingerprint density at radius 3 is 2.03 bits per heavy atom. The third kappa shape index (κ3) is 5.30. The fourth-order valence-electron chi connectivity index (χ4n) is 5.07. The van der Waals surface area contributed by atoms with Gasteiger partial charge in [-0.15, -0.1) is 22.7 Å². The minimum absolute atomic E-state index is 0.135. The van der Waals surface area contributed by atoms with Crippen LogP contribution >= 0.6 is 22.7 Å². The molecule has 0 spiro atoms. The monoisotopic (exact) mass is 536 g/mol. The highest BCUT2D eigenvalue weighted by molar-refractivity contribution is 7.19. The summed E-state index contributed by atoms with van der Waals surface area (Å²) >= 11 is 2.95. The van der Waals surface area contributed by atoms with Gasteiger partial charge in [0.15, 0.2) is 0 Å². The summed E-state index contributed by atoms with van der Waals surface area (Å²) in [5.74, 6) is 0.730. The molecule has 4 heterocycles. The summed E-state index contributed by atoms with van der Waals surface area (Å²) in [6.07, 6.45) is 3.43. The summed E-state index contributed by atoms with van der Waals surface area (Å²) in [5.41, 5.74) is 5.43. The van der Waals surface area contributed by atoms with E-state index in [2.05, 4.69) is 89.0 Å². The van der Waals surface area contributed by atoms with Crippen molar-refractivity contribution in [3.63, 3.8) is 0 Å². The van der Waals surface area contributed by atoms with Crippen LogP contribution < -0.4 is 0 Å². The predicted molar refractivity (Wildman–Crippen MR) is 160 cm³/mol. The summed E-state index contributed by atoms with van der Waals surface area (Å²) in [6.45, 7) is 13.6. The number of hydrogen-bond acceptors (Lipinski definition) is 6. The zero-order valence-electron chi connectivity index (χ0n) is 22.8. The molecular formula is C32H32N4S2. The lowest BCUT2D eigenvalue weighted by molar-refractivity contribution is 0.215. The Bertz CT molecular complexity index is 1750. The van der Waals surface area contributed by atoms with Gasteiger partial charge in [0.25, 0.3) is 0 Å². The maximum absolute atomic E-state index is 8.99. The predicted octanol–water partition coefficient (Wildman–Crippen LogP) is 8.94. The van der Waals surface area contributed by atoms with Crippen LogP contribution in [-0.4, -0.2) is 9.97 Å². The van der Waals surface area contributed by atoms with Gasteiger partial charge in [-0.2, -0.15) is 10.5 Å². The molecule has 1 atom stereocenters. The normalized spacial score (nSPS) is 15.5. The number of rotatable bonds is 0. The second kappa shape index (κ2) is 9.77. The van der Waals surface area contributed by atoms with Gasteiger partial charge in [-0.3, -0.25) is 0 Å². The maximum atomic E-state index is 8.99. The molecule has 6 heteroatoms. The third-order valence-corrected chi connectivity index (χ3v) is 9.38. The van der Waals surface area contributed by atoms with Crippen molar-refractivity contribution in [3.05, 3.63) is 69.0 Å². The zero-order valence-corrected chi connectivity index (χ0v) is 24.5. The largest absolute Gasteiger partial charge is 0.242 e. The van der Waals surface area contributed by atoms with Crippen LogP contribution in [-0.2, 0) is 18.3 Å². The van der Waals surface area contributed by atoms with Crippen LogP contribution in [0.1, 0.15) is 74.5 Å². The maximum Gasteiger partial charge on any atom is 0.125 e. The number of fused-ring (bicyclic) bond motifs is 4. The van der Waals surface area contributed by atoms with Gasteiger partial charge < -0.3 is 0 Å². The smallest absolute Gasteiger partial charge is 0.125 e. The van der Waals surface area contributed by atoms with Crippen LogP contribution in [0.3, 0.4) is 0 Å². The average Bonchev–Trinajstić information content (AvgIpc) is 3.46. The van der Waals surface area contributed by atoms with Crippen LogP contribution in [0.25, 0.3) is 31.3 Å². The number of pyridine rings is 2. The van der Waals surface area contributed by atoms with E-state index in [1.54, 1.807) is 0 Å². The first-order valence-electron chi connectivity index (χ1n) is 13.0. The molecule has 0 N–H and O–H groups in total. The molecule has 0 saturated carbocycles. The van der Waals surface area contributed by atoms with Crippen molar-refractivity contribution in [2.75, 3.05) is 0 Å². The lowest BCUT2D eigenvalue weighted by Gasteiger charge is -2.34. The fraction of sp³-hybridized carbons (Fsp3) is 0.375. The molecule has 1 aliphatic carbocycles. The molecule has 0 radical (unpaired) electrons. The highest BCUT2D eigenvalue weighted by Crippen LogP contribution is 2.38. The molecule has 0 bridgehead atoms. The van der Waals surface area contributed by atoms with E-state index >= 15 is 0 Å². The van der Waals surface area contributed by atoms with E-state index in [0.717, 1.165) is 55.0 Å². The van der Waals surface area contributed by atoms with Gasteiger partial charge in [-0.1, -0.05) is 47.6 Å². The number of nitrogens with zero attached hydrogens (tertiary/aromatic N) is 4. The van der Waals surface area contributed by atoms with Gasteiger partial charge in [0.05, 0.1) is 5.52 Å². The fourth-order valence-corrected chi connectivity index (χ4v) is 6.73. The Labute approximate surface area is 232 Å². The minimum Gasteiger partial charge on any atom is -0.242 e. The van der Waals surface area contributed by atoms with Gasteiger partial charge in [-0.25, -0.2) is 9.97 Å². The summed E-state index contributed by atoms with van der Waals surface area (Å²) in [6, 6.07) is 19.1. The van der Waals surface area contributed by atoms with Crippen LogP contribution in [0.2, 0.25) is 0 Å². The number of hydrogen-bond donors (Lipinski definition) is 0. The van der Waals surface area contributed by atoms with Crippen molar-refractivity contribution in [2.45, 2.75) is 66.2 Å². The molecule has 0 aliphatic heterocycles. The lowest BCUT2D eigenvalue weighted by Crippen LogP contribution is -2.27. The number of benzene rings is 1. The molecule has 4 aromatic heterocycles. The molecule has 1 aromatic carbocycles. The van der Waals surface area contributed by atoms with Crippen molar-refractivity contribution in [3.8, 4) is 12.1 Å². The molecular weight excluding hydrogens is 505 g/mol. The summed E-state index contributed by atoms with van der Waals surface area (Å²) in [4.78, 5) is 12.8. The Kier molecular flexibility index (Phi) is 6.76. The van der Waals surface area contributed by atoms with Gasteiger partial charge in [0.2, 0.25) is 0 Å². The summed E-state index contributed by atoms with van der Waals surface area (Å²) in [7, 11) is 0. The first kappa shape index (κ1) is 26.3. The molecule has 38 heavy (non-hydrogen) atoms. The van der Waals surface area contributed by atoms with Crippen molar-refractivity contribution < 1.29 is 0 Å². The Morgan fingerprint density at radius 2 is 1.42 bits per heavy atom. The zero-order chi connectivity index (χ0) is 27.2. The third-order valence-electron chi connectivity index (χ3n) is 7.48. The van der Waals surface area contributed by atoms with E-state index in [-0.39, 0.29) is 5.41 Å². The van der Waals surface area contributed by atoms with E-state index < -0.39 is 0 Å². The number of aryl methyl sites for hydroxylation is 1. The van der Waals surface area contributed by atoms with Crippen LogP contribution in [0.5, 0.6) is 0 Å². The first-order valence-corrected chi connectivity index (χ1v) is 14.7. The van der Waals surface area contributed by atoms with Gasteiger partial charge in [0, 0.05) is 21.9 Å². The second-order valence-electron chi connectivity index (χ2n) is 12.3. The van der Waals surface area contributed by atoms with E-state index in [0.29, 0.717) is 10.3 Å². The summed E-state index contributed by atoms with van der Waals surface area (Å²) in [5, 5.41) is 21.3. The summed E-state index contributed by atoms with van der Waals surface area (Å²) < 4.78 is 0. The Balaban J connectivity index is 0.000000155. The van der Waals surface area contributed by atoms with Crippen LogP contribution in [0.15, 0.2) is 42.5 Å². The van der Waals surface area contributed by atoms with Crippen LogP contribution in [0.4, 0.5) is 0 Å². The molecule has 0 fully saturated rings. The van der Waals surface area contributed by atoms with Crippen molar-refractivity contribution in [2.24, 2.45) is 11.3 Å². The number of nitriles is 2. The lowest BCUT2D eigenvalue weighted by atomic mass is 9.71. The van der Waals surface area contributed by atoms with Gasteiger partial charge in [0.1, 0.15) is 31.6 Å². The average molecular weight is 537 g/mol. The SMILES string of the molecule is CC(C)(C)C1CCc2nc3sc(C#N)cc3cc2C1.CC(C)(C)c1ccc2nc3sc(C#N)cc3cc2c1. The molecule has 5 aromatic rings. The standard InChI is InChI=1S/C16H18N2S.C16H14N2S/c2*1-16(2,3)12-4-5-14-10(7-12)6-11-8-13(9-17)19-15(11)18-14/h6,8,12H,4-5,7H2,1-3H3;4-8H,1-3H3. The van der Waals surface area contributed by atoms with E-state index in [1.165, 1.54) is 45.9 Å². The van der Waals surface area contributed by atoms with Crippen LogP contribution in [0, 0.1) is 34.0 Å². The van der Waals surface area contributed by atoms with Gasteiger partial charge in [-0.05, 0) is 83.5 Å². The topological polar surface area (TPSA) is 73.4 Å². The van der Waals surface area contributed by atoms with E-state index in [1.807, 2.05) is 12.1 Å². The molecule has 192 valence electrons. The molecule has 1 aliphatic rings. The van der Waals surface area contributed by atoms with Crippen molar-refractivity contribution in [1.29, 1.82) is 10.5 Å². The Hall–Kier alpha value is -3.32. The highest BCUT2D eigenvalue weighted by Gasteiger charge is 2.29. The molecule has 6 rings (SSSR count). The molecule has 4 nitrogen and oxygen atoms in total. The van der Waals surface area contributed by atoms with Crippen molar-refractivity contribution in [1.82, 2.24) is 9.97 Å². The minimum atomic E-state index is 0.135.